The Morgan fingerprint density at radius 1 is 1.46 bits per heavy atom. The molecule has 1 amide bonds. The topological polar surface area (TPSA) is 29.5 Å². The summed E-state index contributed by atoms with van der Waals surface area (Å²) in [5, 5.41) is 0. The number of morpholine rings is 1. The fourth-order valence-electron chi connectivity index (χ4n) is 1.26. The van der Waals surface area contributed by atoms with Gasteiger partial charge < -0.3 is 9.64 Å². The Labute approximate surface area is 78.7 Å². The zero-order valence-corrected chi connectivity index (χ0v) is 7.95. The van der Waals surface area contributed by atoms with Crippen LogP contribution in [0.5, 0.6) is 0 Å². The van der Waals surface area contributed by atoms with Crippen LogP contribution in [0.4, 0.5) is 0 Å². The molecule has 0 spiro atoms. The predicted molar refractivity (Wildman–Crippen MR) is 51.4 cm³/mol. The molecule has 0 atom stereocenters. The molecular formula is C10H15NO2. The molecule has 1 rings (SSSR count). The lowest BCUT2D eigenvalue weighted by Gasteiger charge is -2.26. The molecule has 0 aromatic carbocycles. The van der Waals surface area contributed by atoms with Crippen LogP contribution in [-0.2, 0) is 9.53 Å². The van der Waals surface area contributed by atoms with Crippen LogP contribution in [0.1, 0.15) is 6.92 Å². The molecule has 3 nitrogen and oxygen atoms in total. The summed E-state index contributed by atoms with van der Waals surface area (Å²) < 4.78 is 5.16. The maximum atomic E-state index is 11.6. The second-order valence-corrected chi connectivity index (χ2v) is 2.99. The number of ether oxygens (including phenoxy) is 1. The summed E-state index contributed by atoms with van der Waals surface area (Å²) in [7, 11) is 0. The lowest BCUT2D eigenvalue weighted by molar-refractivity contribution is -0.131. The van der Waals surface area contributed by atoms with Gasteiger partial charge in [-0.3, -0.25) is 4.79 Å². The number of nitrogens with zero attached hydrogens (tertiary/aromatic N) is 1. The minimum absolute atomic E-state index is 0.0863. The Bertz CT molecular complexity index is 227. The molecule has 1 saturated heterocycles. The second-order valence-electron chi connectivity index (χ2n) is 2.99. The van der Waals surface area contributed by atoms with E-state index in [1.54, 1.807) is 24.0 Å². The molecule has 1 fully saturated rings. The summed E-state index contributed by atoms with van der Waals surface area (Å²) in [6.07, 6.45) is 3.37. The fourth-order valence-corrected chi connectivity index (χ4v) is 1.26. The summed E-state index contributed by atoms with van der Waals surface area (Å²) in [5.41, 5.74) is 0.733. The zero-order valence-electron chi connectivity index (χ0n) is 7.95. The Morgan fingerprint density at radius 3 is 2.62 bits per heavy atom. The maximum Gasteiger partial charge on any atom is 0.249 e. The van der Waals surface area contributed by atoms with E-state index in [1.807, 2.05) is 0 Å². The minimum Gasteiger partial charge on any atom is -0.378 e. The molecule has 1 aliphatic heterocycles. The van der Waals surface area contributed by atoms with Crippen molar-refractivity contribution in [1.29, 1.82) is 0 Å². The van der Waals surface area contributed by atoms with Gasteiger partial charge in [-0.15, -0.1) is 0 Å². The van der Waals surface area contributed by atoms with Crippen LogP contribution in [0.15, 0.2) is 24.3 Å². The largest absolute Gasteiger partial charge is 0.378 e. The van der Waals surface area contributed by atoms with Crippen LogP contribution >= 0.6 is 0 Å². The molecule has 0 aliphatic carbocycles. The van der Waals surface area contributed by atoms with Gasteiger partial charge in [-0.2, -0.15) is 0 Å². The number of carbonyl (C=O) groups is 1. The maximum absolute atomic E-state index is 11.6. The highest BCUT2D eigenvalue weighted by molar-refractivity contribution is 5.93. The van der Waals surface area contributed by atoms with Crippen LogP contribution in [0, 0.1) is 0 Å². The summed E-state index contributed by atoms with van der Waals surface area (Å²) in [6, 6.07) is 0. The third-order valence-electron chi connectivity index (χ3n) is 2.00. The molecule has 3 heteroatoms. The Balaban J connectivity index is 2.55. The standard InChI is InChI=1S/C10H15NO2/c1-3-4-9(2)10(12)11-5-7-13-8-6-11/h3-4H,1,5-8H2,2H3/b9-4-. The van der Waals surface area contributed by atoms with Gasteiger partial charge in [0.05, 0.1) is 13.2 Å². The highest BCUT2D eigenvalue weighted by Gasteiger charge is 2.17. The highest BCUT2D eigenvalue weighted by Crippen LogP contribution is 2.04. The third kappa shape index (κ3) is 2.70. The van der Waals surface area contributed by atoms with E-state index in [9.17, 15) is 4.79 Å². The molecule has 0 N–H and O–H groups in total. The van der Waals surface area contributed by atoms with E-state index in [1.165, 1.54) is 0 Å². The van der Waals surface area contributed by atoms with Gasteiger partial charge >= 0.3 is 0 Å². The van der Waals surface area contributed by atoms with Gasteiger partial charge in [0.15, 0.2) is 0 Å². The Kier molecular flexibility index (Phi) is 3.71. The molecule has 13 heavy (non-hydrogen) atoms. The van der Waals surface area contributed by atoms with Crippen molar-refractivity contribution in [2.45, 2.75) is 6.92 Å². The Hall–Kier alpha value is -1.09. The molecule has 0 unspecified atom stereocenters. The number of amides is 1. The first kappa shape index (κ1) is 9.99. The van der Waals surface area contributed by atoms with Gasteiger partial charge in [0.25, 0.3) is 0 Å². The number of rotatable bonds is 2. The van der Waals surface area contributed by atoms with Crippen LogP contribution in [0.25, 0.3) is 0 Å². The van der Waals surface area contributed by atoms with E-state index in [0.717, 1.165) is 5.57 Å². The minimum atomic E-state index is 0.0863. The van der Waals surface area contributed by atoms with Crippen molar-refractivity contribution in [3.63, 3.8) is 0 Å². The van der Waals surface area contributed by atoms with Crippen molar-refractivity contribution in [2.24, 2.45) is 0 Å². The highest BCUT2D eigenvalue weighted by atomic mass is 16.5. The number of carbonyl (C=O) groups excluding carboxylic acids is 1. The number of allylic oxidation sites excluding steroid dienone is 2. The number of hydrogen-bond donors (Lipinski definition) is 0. The third-order valence-corrected chi connectivity index (χ3v) is 2.00. The van der Waals surface area contributed by atoms with E-state index in [2.05, 4.69) is 6.58 Å². The first-order valence-electron chi connectivity index (χ1n) is 4.42. The molecular weight excluding hydrogens is 166 g/mol. The SMILES string of the molecule is C=C/C=C(/C)C(=O)N1CCOCC1. The van der Waals surface area contributed by atoms with E-state index < -0.39 is 0 Å². The molecule has 1 heterocycles. The summed E-state index contributed by atoms with van der Waals surface area (Å²) in [6.45, 7) is 8.04. The predicted octanol–water partition coefficient (Wildman–Crippen LogP) is 0.977. The van der Waals surface area contributed by atoms with Crippen molar-refractivity contribution in [3.05, 3.63) is 24.3 Å². The van der Waals surface area contributed by atoms with Crippen LogP contribution in [0.2, 0.25) is 0 Å². The monoisotopic (exact) mass is 181 g/mol. The summed E-state index contributed by atoms with van der Waals surface area (Å²) in [4.78, 5) is 13.4. The van der Waals surface area contributed by atoms with Crippen LogP contribution in [-0.4, -0.2) is 37.1 Å². The van der Waals surface area contributed by atoms with Gasteiger partial charge in [0.1, 0.15) is 0 Å². The quantitative estimate of drug-likeness (QED) is 0.469. The molecule has 0 aromatic rings. The van der Waals surface area contributed by atoms with Crippen molar-refractivity contribution in [3.8, 4) is 0 Å². The molecule has 1 aliphatic rings. The van der Waals surface area contributed by atoms with Crippen LogP contribution < -0.4 is 0 Å². The summed E-state index contributed by atoms with van der Waals surface area (Å²) >= 11 is 0. The summed E-state index contributed by atoms with van der Waals surface area (Å²) in [5.74, 6) is 0.0863. The van der Waals surface area contributed by atoms with E-state index >= 15 is 0 Å². The zero-order chi connectivity index (χ0) is 9.68. The second kappa shape index (κ2) is 4.82. The normalized spacial score (nSPS) is 18.5. The molecule has 72 valence electrons. The molecule has 0 saturated carbocycles. The van der Waals surface area contributed by atoms with Crippen LogP contribution in [0.3, 0.4) is 0 Å². The van der Waals surface area contributed by atoms with Gasteiger partial charge in [-0.25, -0.2) is 0 Å². The molecule has 0 bridgehead atoms. The van der Waals surface area contributed by atoms with Crippen molar-refractivity contribution >= 4 is 5.91 Å². The molecule has 0 aromatic heterocycles. The molecule has 0 radical (unpaired) electrons. The van der Waals surface area contributed by atoms with Gasteiger partial charge in [0.2, 0.25) is 5.91 Å². The van der Waals surface area contributed by atoms with Gasteiger partial charge in [-0.05, 0) is 6.92 Å². The van der Waals surface area contributed by atoms with Crippen molar-refractivity contribution in [1.82, 2.24) is 4.90 Å². The van der Waals surface area contributed by atoms with Gasteiger partial charge in [0, 0.05) is 18.7 Å². The van der Waals surface area contributed by atoms with E-state index in [0.29, 0.717) is 26.3 Å². The lowest BCUT2D eigenvalue weighted by atomic mass is 10.2. The van der Waals surface area contributed by atoms with E-state index in [4.69, 9.17) is 4.74 Å². The average molecular weight is 181 g/mol. The van der Waals surface area contributed by atoms with Crippen molar-refractivity contribution in [2.75, 3.05) is 26.3 Å². The van der Waals surface area contributed by atoms with E-state index in [-0.39, 0.29) is 5.91 Å². The number of hydrogen-bond acceptors (Lipinski definition) is 2. The average Bonchev–Trinajstić information content (AvgIpc) is 2.18. The van der Waals surface area contributed by atoms with Gasteiger partial charge in [-0.1, -0.05) is 18.7 Å². The lowest BCUT2D eigenvalue weighted by Crippen LogP contribution is -2.41. The first-order valence-corrected chi connectivity index (χ1v) is 4.42. The first-order chi connectivity index (χ1) is 6.25. The Morgan fingerprint density at radius 2 is 2.08 bits per heavy atom. The fraction of sp³-hybridized carbons (Fsp3) is 0.500. The smallest absolute Gasteiger partial charge is 0.249 e. The van der Waals surface area contributed by atoms with Crippen molar-refractivity contribution < 1.29 is 9.53 Å².